The summed E-state index contributed by atoms with van der Waals surface area (Å²) < 4.78 is 8.56. The SMILES string of the molecule is Cc1noc(CCn2c(=S)[nH]c3cc(Br)cnc32)n1. The zero-order chi connectivity index (χ0) is 13.4. The van der Waals surface area contributed by atoms with Crippen LogP contribution in [0.2, 0.25) is 0 Å². The number of halogens is 1. The third-order valence-corrected chi connectivity index (χ3v) is 3.45. The highest BCUT2D eigenvalue weighted by atomic mass is 79.9. The number of H-pyrrole nitrogens is 1. The fourth-order valence-electron chi connectivity index (χ4n) is 1.87. The molecule has 3 heterocycles. The Labute approximate surface area is 122 Å². The summed E-state index contributed by atoms with van der Waals surface area (Å²) in [5.41, 5.74) is 1.73. The standard InChI is InChI=1S/C11H10BrN5OS/c1-6-14-9(18-16-6)2-3-17-10-8(15-11(17)19)4-7(12)5-13-10/h4-5H,2-3H2,1H3,(H,15,19). The number of aryl methyl sites for hydroxylation is 3. The van der Waals surface area contributed by atoms with Gasteiger partial charge in [0.15, 0.2) is 16.2 Å². The number of aromatic nitrogens is 5. The van der Waals surface area contributed by atoms with Gasteiger partial charge >= 0.3 is 0 Å². The smallest absolute Gasteiger partial charge is 0.228 e. The number of pyridine rings is 1. The van der Waals surface area contributed by atoms with E-state index < -0.39 is 0 Å². The Morgan fingerprint density at radius 3 is 3.11 bits per heavy atom. The lowest BCUT2D eigenvalue weighted by atomic mass is 10.4. The Hall–Kier alpha value is -1.54. The van der Waals surface area contributed by atoms with E-state index in [2.05, 4.69) is 36.0 Å². The Kier molecular flexibility index (Phi) is 3.19. The third kappa shape index (κ3) is 2.45. The second-order valence-electron chi connectivity index (χ2n) is 4.09. The van der Waals surface area contributed by atoms with Gasteiger partial charge in [-0.3, -0.25) is 0 Å². The third-order valence-electron chi connectivity index (χ3n) is 2.69. The molecular formula is C11H10BrN5OS. The van der Waals surface area contributed by atoms with E-state index in [0.717, 1.165) is 15.6 Å². The zero-order valence-electron chi connectivity index (χ0n) is 10.1. The van der Waals surface area contributed by atoms with E-state index in [4.69, 9.17) is 16.7 Å². The van der Waals surface area contributed by atoms with Crippen molar-refractivity contribution in [2.75, 3.05) is 0 Å². The predicted molar refractivity (Wildman–Crippen MR) is 75.4 cm³/mol. The summed E-state index contributed by atoms with van der Waals surface area (Å²) in [4.78, 5) is 11.7. The van der Waals surface area contributed by atoms with Gasteiger partial charge in [-0.25, -0.2) is 4.98 Å². The normalized spacial score (nSPS) is 11.3. The van der Waals surface area contributed by atoms with Crippen LogP contribution in [0.25, 0.3) is 11.2 Å². The zero-order valence-corrected chi connectivity index (χ0v) is 12.5. The van der Waals surface area contributed by atoms with Crippen molar-refractivity contribution in [1.82, 2.24) is 24.7 Å². The summed E-state index contributed by atoms with van der Waals surface area (Å²) in [6, 6.07) is 1.95. The predicted octanol–water partition coefficient (Wildman–Crippen LogP) is 2.79. The van der Waals surface area contributed by atoms with Crippen LogP contribution in [0.5, 0.6) is 0 Å². The van der Waals surface area contributed by atoms with Gasteiger partial charge in [0.2, 0.25) is 5.89 Å². The molecule has 0 spiro atoms. The number of imidazole rings is 1. The number of fused-ring (bicyclic) bond motifs is 1. The maximum atomic E-state index is 5.30. The van der Waals surface area contributed by atoms with Gasteiger partial charge < -0.3 is 14.1 Å². The second-order valence-corrected chi connectivity index (χ2v) is 5.39. The van der Waals surface area contributed by atoms with Crippen LogP contribution in [0.1, 0.15) is 11.7 Å². The Bertz CT molecular complexity index is 790. The van der Waals surface area contributed by atoms with Gasteiger partial charge in [-0.15, -0.1) is 0 Å². The monoisotopic (exact) mass is 339 g/mol. The highest BCUT2D eigenvalue weighted by Crippen LogP contribution is 2.17. The van der Waals surface area contributed by atoms with E-state index in [1.807, 2.05) is 10.6 Å². The van der Waals surface area contributed by atoms with Crippen molar-refractivity contribution in [2.45, 2.75) is 19.9 Å². The molecular weight excluding hydrogens is 330 g/mol. The first-order valence-corrected chi connectivity index (χ1v) is 6.87. The largest absolute Gasteiger partial charge is 0.339 e. The molecule has 0 unspecified atom stereocenters. The first-order valence-electron chi connectivity index (χ1n) is 5.67. The van der Waals surface area contributed by atoms with Crippen LogP contribution < -0.4 is 0 Å². The second kappa shape index (κ2) is 4.86. The summed E-state index contributed by atoms with van der Waals surface area (Å²) in [6.07, 6.45) is 2.37. The van der Waals surface area contributed by atoms with Gasteiger partial charge in [0, 0.05) is 23.6 Å². The van der Waals surface area contributed by atoms with Crippen molar-refractivity contribution in [3.05, 3.63) is 33.2 Å². The van der Waals surface area contributed by atoms with Crippen LogP contribution in [0.15, 0.2) is 21.3 Å². The van der Waals surface area contributed by atoms with Gasteiger partial charge in [-0.1, -0.05) is 5.16 Å². The van der Waals surface area contributed by atoms with Crippen LogP contribution in [0.4, 0.5) is 0 Å². The Morgan fingerprint density at radius 1 is 1.53 bits per heavy atom. The fraction of sp³-hybridized carbons (Fsp3) is 0.273. The fourth-order valence-corrected chi connectivity index (χ4v) is 2.49. The van der Waals surface area contributed by atoms with E-state index in [1.165, 1.54) is 0 Å². The molecule has 0 amide bonds. The average Bonchev–Trinajstić information content (AvgIpc) is 2.89. The highest BCUT2D eigenvalue weighted by molar-refractivity contribution is 9.10. The number of aromatic amines is 1. The number of hydrogen-bond donors (Lipinski definition) is 1. The Balaban J connectivity index is 1.92. The van der Waals surface area contributed by atoms with Crippen molar-refractivity contribution in [3.8, 4) is 0 Å². The molecule has 1 N–H and O–H groups in total. The summed E-state index contributed by atoms with van der Waals surface area (Å²) in [5, 5.41) is 3.76. The molecule has 6 nitrogen and oxygen atoms in total. The van der Waals surface area contributed by atoms with Crippen LogP contribution >= 0.6 is 28.1 Å². The Morgan fingerprint density at radius 2 is 2.37 bits per heavy atom. The van der Waals surface area contributed by atoms with E-state index in [0.29, 0.717) is 29.5 Å². The van der Waals surface area contributed by atoms with Crippen LogP contribution in [-0.2, 0) is 13.0 Å². The van der Waals surface area contributed by atoms with E-state index >= 15 is 0 Å². The van der Waals surface area contributed by atoms with Crippen molar-refractivity contribution in [3.63, 3.8) is 0 Å². The summed E-state index contributed by atoms with van der Waals surface area (Å²) >= 11 is 8.69. The molecule has 0 saturated heterocycles. The lowest BCUT2D eigenvalue weighted by Gasteiger charge is -2.00. The minimum atomic E-state index is 0.603. The highest BCUT2D eigenvalue weighted by Gasteiger charge is 2.08. The molecule has 3 rings (SSSR count). The van der Waals surface area contributed by atoms with Crippen LogP contribution in [-0.4, -0.2) is 24.7 Å². The van der Waals surface area contributed by atoms with Crippen molar-refractivity contribution >= 4 is 39.3 Å². The lowest BCUT2D eigenvalue weighted by molar-refractivity contribution is 0.368. The first kappa shape index (κ1) is 12.5. The lowest BCUT2D eigenvalue weighted by Crippen LogP contribution is -2.02. The molecule has 98 valence electrons. The van der Waals surface area contributed by atoms with Crippen molar-refractivity contribution in [1.29, 1.82) is 0 Å². The van der Waals surface area contributed by atoms with Gasteiger partial charge in [0.1, 0.15) is 0 Å². The molecule has 3 aromatic heterocycles. The summed E-state index contributed by atoms with van der Waals surface area (Å²) in [6.45, 7) is 2.44. The van der Waals surface area contributed by atoms with E-state index in [9.17, 15) is 0 Å². The molecule has 0 atom stereocenters. The molecule has 0 aliphatic heterocycles. The van der Waals surface area contributed by atoms with Crippen LogP contribution in [0, 0.1) is 11.7 Å². The minimum Gasteiger partial charge on any atom is -0.339 e. The molecule has 0 radical (unpaired) electrons. The maximum Gasteiger partial charge on any atom is 0.228 e. The van der Waals surface area contributed by atoms with E-state index in [-0.39, 0.29) is 0 Å². The van der Waals surface area contributed by atoms with Gasteiger partial charge in [-0.05, 0) is 41.1 Å². The molecule has 3 aromatic rings. The van der Waals surface area contributed by atoms with Gasteiger partial charge in [-0.2, -0.15) is 4.98 Å². The number of nitrogens with zero attached hydrogens (tertiary/aromatic N) is 4. The topological polar surface area (TPSA) is 72.5 Å². The minimum absolute atomic E-state index is 0.603. The molecule has 0 aromatic carbocycles. The van der Waals surface area contributed by atoms with Crippen molar-refractivity contribution in [2.24, 2.45) is 0 Å². The molecule has 0 fully saturated rings. The molecule has 19 heavy (non-hydrogen) atoms. The van der Waals surface area contributed by atoms with Gasteiger partial charge in [0.05, 0.1) is 5.52 Å². The molecule has 8 heteroatoms. The maximum absolute atomic E-state index is 5.30. The van der Waals surface area contributed by atoms with Crippen molar-refractivity contribution < 1.29 is 4.52 Å². The quantitative estimate of drug-likeness (QED) is 0.743. The molecule has 0 bridgehead atoms. The number of rotatable bonds is 3. The summed E-state index contributed by atoms with van der Waals surface area (Å²) in [7, 11) is 0. The molecule has 0 aliphatic rings. The van der Waals surface area contributed by atoms with Gasteiger partial charge in [0.25, 0.3) is 0 Å². The summed E-state index contributed by atoms with van der Waals surface area (Å²) in [5.74, 6) is 1.24. The first-order chi connectivity index (χ1) is 9.13. The number of nitrogens with one attached hydrogen (secondary N) is 1. The number of hydrogen-bond acceptors (Lipinski definition) is 5. The van der Waals surface area contributed by atoms with Crippen LogP contribution in [0.3, 0.4) is 0 Å². The molecule has 0 aliphatic carbocycles. The van der Waals surface area contributed by atoms with E-state index in [1.54, 1.807) is 13.1 Å². The average molecular weight is 340 g/mol. The molecule has 0 saturated carbocycles.